The quantitative estimate of drug-likeness (QED) is 0.416. The van der Waals surface area contributed by atoms with Crippen molar-refractivity contribution in [2.24, 2.45) is 0 Å². The van der Waals surface area contributed by atoms with Crippen molar-refractivity contribution in [1.29, 1.82) is 0 Å². The molecule has 1 atom stereocenters. The zero-order valence-corrected chi connectivity index (χ0v) is 6.92. The summed E-state index contributed by atoms with van der Waals surface area (Å²) in [5.74, 6) is 0. The van der Waals surface area contributed by atoms with Gasteiger partial charge in [-0.1, -0.05) is 0 Å². The van der Waals surface area contributed by atoms with E-state index in [0.29, 0.717) is 20.0 Å². The van der Waals surface area contributed by atoms with Crippen molar-refractivity contribution < 1.29 is 14.2 Å². The number of ether oxygens (including phenoxy) is 3. The summed E-state index contributed by atoms with van der Waals surface area (Å²) in [5.41, 5.74) is 0. The third-order valence-electron chi connectivity index (χ3n) is 1.04. The van der Waals surface area contributed by atoms with Gasteiger partial charge in [-0.2, -0.15) is 0 Å². The van der Waals surface area contributed by atoms with Gasteiger partial charge < -0.3 is 14.2 Å². The maximum absolute atomic E-state index is 5.18. The summed E-state index contributed by atoms with van der Waals surface area (Å²) in [7, 11) is 1.65. The molecule has 3 nitrogen and oxygen atoms in total. The standard InChI is InChI=1S/C7H16O3/c1-4-9-6-10-7(2)5-8-3/h7H,4-6H2,1-3H3. The van der Waals surface area contributed by atoms with Gasteiger partial charge in [-0.3, -0.25) is 0 Å². The lowest BCUT2D eigenvalue weighted by atomic mass is 10.4. The molecule has 0 aliphatic heterocycles. The summed E-state index contributed by atoms with van der Waals surface area (Å²) < 4.78 is 15.0. The van der Waals surface area contributed by atoms with E-state index in [1.54, 1.807) is 7.11 Å². The second-order valence-corrected chi connectivity index (χ2v) is 2.04. The predicted octanol–water partition coefficient (Wildman–Crippen LogP) is 1.03. The molecular formula is C7H16O3. The van der Waals surface area contributed by atoms with E-state index in [1.165, 1.54) is 0 Å². The highest BCUT2D eigenvalue weighted by molar-refractivity contribution is 4.42. The first-order valence-corrected chi connectivity index (χ1v) is 3.49. The molecule has 0 rings (SSSR count). The summed E-state index contributed by atoms with van der Waals surface area (Å²) in [6.45, 7) is 5.56. The zero-order chi connectivity index (χ0) is 7.82. The van der Waals surface area contributed by atoms with E-state index < -0.39 is 0 Å². The van der Waals surface area contributed by atoms with Gasteiger partial charge >= 0.3 is 0 Å². The van der Waals surface area contributed by atoms with Crippen molar-refractivity contribution in [3.8, 4) is 0 Å². The monoisotopic (exact) mass is 148 g/mol. The lowest BCUT2D eigenvalue weighted by Crippen LogP contribution is -2.16. The highest BCUT2D eigenvalue weighted by atomic mass is 16.7. The maximum atomic E-state index is 5.18. The van der Waals surface area contributed by atoms with Gasteiger partial charge in [0.25, 0.3) is 0 Å². The third kappa shape index (κ3) is 6.01. The van der Waals surface area contributed by atoms with Crippen LogP contribution in [-0.2, 0) is 14.2 Å². The van der Waals surface area contributed by atoms with Gasteiger partial charge in [0.2, 0.25) is 0 Å². The molecule has 0 aromatic rings. The van der Waals surface area contributed by atoms with Crippen molar-refractivity contribution >= 4 is 0 Å². The SMILES string of the molecule is CCOCOC(C)COC. The number of rotatable bonds is 6. The second kappa shape index (κ2) is 6.99. The summed E-state index contributed by atoms with van der Waals surface area (Å²) in [5, 5.41) is 0. The lowest BCUT2D eigenvalue weighted by molar-refractivity contribution is -0.0971. The summed E-state index contributed by atoms with van der Waals surface area (Å²) in [6.07, 6.45) is 0.122. The maximum Gasteiger partial charge on any atom is 0.147 e. The van der Waals surface area contributed by atoms with E-state index in [-0.39, 0.29) is 6.10 Å². The molecule has 0 heterocycles. The van der Waals surface area contributed by atoms with Crippen LogP contribution >= 0.6 is 0 Å². The molecule has 0 radical (unpaired) electrons. The molecule has 3 heteroatoms. The van der Waals surface area contributed by atoms with Crippen molar-refractivity contribution in [2.75, 3.05) is 27.1 Å². The Morgan fingerprint density at radius 2 is 2.10 bits per heavy atom. The molecule has 0 bridgehead atoms. The average molecular weight is 148 g/mol. The van der Waals surface area contributed by atoms with Gasteiger partial charge in [-0.25, -0.2) is 0 Å². The highest BCUT2D eigenvalue weighted by Crippen LogP contribution is 1.90. The van der Waals surface area contributed by atoms with Crippen LogP contribution in [0.25, 0.3) is 0 Å². The fourth-order valence-electron chi connectivity index (χ4n) is 0.530. The van der Waals surface area contributed by atoms with E-state index in [9.17, 15) is 0 Å². The Morgan fingerprint density at radius 1 is 1.40 bits per heavy atom. The van der Waals surface area contributed by atoms with Crippen molar-refractivity contribution in [3.05, 3.63) is 0 Å². The molecule has 1 unspecified atom stereocenters. The van der Waals surface area contributed by atoms with Gasteiger partial charge in [0.05, 0.1) is 12.7 Å². The predicted molar refractivity (Wildman–Crippen MR) is 38.9 cm³/mol. The van der Waals surface area contributed by atoms with Gasteiger partial charge in [0.15, 0.2) is 0 Å². The van der Waals surface area contributed by atoms with E-state index in [0.717, 1.165) is 0 Å². The van der Waals surface area contributed by atoms with E-state index in [1.807, 2.05) is 13.8 Å². The minimum Gasteiger partial charge on any atom is -0.382 e. The Bertz CT molecular complexity index is 65.9. The third-order valence-corrected chi connectivity index (χ3v) is 1.04. The second-order valence-electron chi connectivity index (χ2n) is 2.04. The van der Waals surface area contributed by atoms with Crippen molar-refractivity contribution in [2.45, 2.75) is 20.0 Å². The molecule has 0 aliphatic rings. The Labute approximate surface area is 62.3 Å². The molecule has 0 fully saturated rings. The normalized spacial score (nSPS) is 13.5. The molecule has 0 saturated heterocycles. The van der Waals surface area contributed by atoms with E-state index in [2.05, 4.69) is 0 Å². The van der Waals surface area contributed by atoms with Crippen molar-refractivity contribution in [3.63, 3.8) is 0 Å². The number of hydrogen-bond acceptors (Lipinski definition) is 3. The summed E-state index contributed by atoms with van der Waals surface area (Å²) in [6, 6.07) is 0. The van der Waals surface area contributed by atoms with Crippen LogP contribution < -0.4 is 0 Å². The van der Waals surface area contributed by atoms with Crippen LogP contribution in [0.2, 0.25) is 0 Å². The minimum atomic E-state index is 0.122. The summed E-state index contributed by atoms with van der Waals surface area (Å²) in [4.78, 5) is 0. The van der Waals surface area contributed by atoms with Crippen molar-refractivity contribution in [1.82, 2.24) is 0 Å². The molecule has 0 aliphatic carbocycles. The molecule has 0 aromatic heterocycles. The molecule has 0 saturated carbocycles. The van der Waals surface area contributed by atoms with Crippen LogP contribution in [0.15, 0.2) is 0 Å². The molecule has 0 N–H and O–H groups in total. The topological polar surface area (TPSA) is 27.7 Å². The smallest absolute Gasteiger partial charge is 0.147 e. The fraction of sp³-hybridized carbons (Fsp3) is 1.00. The molecule has 0 aromatic carbocycles. The Morgan fingerprint density at radius 3 is 2.60 bits per heavy atom. The number of hydrogen-bond donors (Lipinski definition) is 0. The fourth-order valence-corrected chi connectivity index (χ4v) is 0.530. The molecule has 0 spiro atoms. The summed E-state index contributed by atoms with van der Waals surface area (Å²) >= 11 is 0. The first-order chi connectivity index (χ1) is 4.81. The van der Waals surface area contributed by atoms with Crippen LogP contribution in [0.3, 0.4) is 0 Å². The largest absolute Gasteiger partial charge is 0.382 e. The van der Waals surface area contributed by atoms with Gasteiger partial charge in [-0.05, 0) is 13.8 Å². The first kappa shape index (κ1) is 9.88. The van der Waals surface area contributed by atoms with Gasteiger partial charge in [0, 0.05) is 13.7 Å². The van der Waals surface area contributed by atoms with Crippen LogP contribution in [0.1, 0.15) is 13.8 Å². The molecule has 0 amide bonds. The molecular weight excluding hydrogens is 132 g/mol. The Balaban J connectivity index is 2.97. The average Bonchev–Trinajstić information content (AvgIpc) is 1.89. The van der Waals surface area contributed by atoms with Crippen LogP contribution in [0.4, 0.5) is 0 Å². The zero-order valence-electron chi connectivity index (χ0n) is 6.92. The Hall–Kier alpha value is -0.120. The van der Waals surface area contributed by atoms with Gasteiger partial charge in [-0.15, -0.1) is 0 Å². The molecule has 10 heavy (non-hydrogen) atoms. The van der Waals surface area contributed by atoms with E-state index >= 15 is 0 Å². The highest BCUT2D eigenvalue weighted by Gasteiger charge is 1.98. The van der Waals surface area contributed by atoms with Crippen LogP contribution in [-0.4, -0.2) is 33.2 Å². The first-order valence-electron chi connectivity index (χ1n) is 3.49. The van der Waals surface area contributed by atoms with Crippen LogP contribution in [0.5, 0.6) is 0 Å². The molecule has 62 valence electrons. The van der Waals surface area contributed by atoms with E-state index in [4.69, 9.17) is 14.2 Å². The minimum absolute atomic E-state index is 0.122. The lowest BCUT2D eigenvalue weighted by Gasteiger charge is -2.10. The van der Waals surface area contributed by atoms with Crippen LogP contribution in [0, 0.1) is 0 Å². The van der Waals surface area contributed by atoms with Gasteiger partial charge in [0.1, 0.15) is 6.79 Å². The Kier molecular flexibility index (Phi) is 6.91. The number of methoxy groups -OCH3 is 1.